The molecule has 0 saturated heterocycles. The molecule has 20 heavy (non-hydrogen) atoms. The first kappa shape index (κ1) is 17.2. The lowest BCUT2D eigenvalue weighted by Crippen LogP contribution is -2.25. The second-order valence-electron chi connectivity index (χ2n) is 6.42. The average Bonchev–Trinajstić information content (AvgIpc) is 2.47. The highest BCUT2D eigenvalue weighted by molar-refractivity contribution is 5.19. The van der Waals surface area contributed by atoms with Gasteiger partial charge in [0.25, 0.3) is 0 Å². The van der Waals surface area contributed by atoms with E-state index in [0.717, 1.165) is 24.9 Å². The SMILES string of the molecule is CCC(CC)CCC(CNCC(C)C)c1ccccc1. The van der Waals surface area contributed by atoms with Crippen LogP contribution in [0.1, 0.15) is 64.9 Å². The maximum Gasteiger partial charge on any atom is 0.00202 e. The third kappa shape index (κ3) is 6.56. The summed E-state index contributed by atoms with van der Waals surface area (Å²) in [4.78, 5) is 0. The molecule has 0 aliphatic carbocycles. The van der Waals surface area contributed by atoms with Crippen LogP contribution in [0.5, 0.6) is 0 Å². The zero-order valence-corrected chi connectivity index (χ0v) is 13.9. The summed E-state index contributed by atoms with van der Waals surface area (Å²) >= 11 is 0. The first-order valence-electron chi connectivity index (χ1n) is 8.42. The summed E-state index contributed by atoms with van der Waals surface area (Å²) in [7, 11) is 0. The van der Waals surface area contributed by atoms with Crippen LogP contribution in [0.4, 0.5) is 0 Å². The predicted molar refractivity (Wildman–Crippen MR) is 90.2 cm³/mol. The molecule has 1 unspecified atom stereocenters. The Morgan fingerprint density at radius 1 is 0.900 bits per heavy atom. The molecule has 1 rings (SSSR count). The molecule has 0 radical (unpaired) electrons. The lowest BCUT2D eigenvalue weighted by Gasteiger charge is -2.21. The van der Waals surface area contributed by atoms with Gasteiger partial charge >= 0.3 is 0 Å². The molecule has 0 aliphatic heterocycles. The smallest absolute Gasteiger partial charge is 0.00202 e. The van der Waals surface area contributed by atoms with E-state index in [4.69, 9.17) is 0 Å². The van der Waals surface area contributed by atoms with Crippen LogP contribution in [-0.4, -0.2) is 13.1 Å². The zero-order valence-electron chi connectivity index (χ0n) is 13.9. The van der Waals surface area contributed by atoms with Gasteiger partial charge in [-0.3, -0.25) is 0 Å². The fraction of sp³-hybridized carbons (Fsp3) is 0.684. The summed E-state index contributed by atoms with van der Waals surface area (Å²) in [6, 6.07) is 11.0. The first-order chi connectivity index (χ1) is 9.67. The van der Waals surface area contributed by atoms with Gasteiger partial charge in [0.05, 0.1) is 0 Å². The van der Waals surface area contributed by atoms with Crippen molar-refractivity contribution in [3.8, 4) is 0 Å². The molecule has 0 spiro atoms. The van der Waals surface area contributed by atoms with Crippen molar-refractivity contribution in [2.24, 2.45) is 11.8 Å². The molecule has 1 aromatic carbocycles. The second-order valence-corrected chi connectivity index (χ2v) is 6.42. The van der Waals surface area contributed by atoms with Crippen molar-refractivity contribution in [1.82, 2.24) is 5.32 Å². The monoisotopic (exact) mass is 275 g/mol. The van der Waals surface area contributed by atoms with Crippen molar-refractivity contribution in [3.05, 3.63) is 35.9 Å². The molecule has 0 aliphatic rings. The third-order valence-corrected chi connectivity index (χ3v) is 4.29. The van der Waals surface area contributed by atoms with Gasteiger partial charge in [-0.2, -0.15) is 0 Å². The van der Waals surface area contributed by atoms with Gasteiger partial charge in [0, 0.05) is 6.54 Å². The van der Waals surface area contributed by atoms with Gasteiger partial charge in [-0.25, -0.2) is 0 Å². The van der Waals surface area contributed by atoms with Crippen molar-refractivity contribution >= 4 is 0 Å². The van der Waals surface area contributed by atoms with Gasteiger partial charge in [0.1, 0.15) is 0 Å². The summed E-state index contributed by atoms with van der Waals surface area (Å²) in [5.41, 5.74) is 1.50. The van der Waals surface area contributed by atoms with Crippen molar-refractivity contribution in [1.29, 1.82) is 0 Å². The Morgan fingerprint density at radius 2 is 1.55 bits per heavy atom. The quantitative estimate of drug-likeness (QED) is 0.616. The fourth-order valence-electron chi connectivity index (χ4n) is 2.79. The zero-order chi connectivity index (χ0) is 14.8. The molecule has 0 saturated carbocycles. The molecule has 0 heterocycles. The lowest BCUT2D eigenvalue weighted by molar-refractivity contribution is 0.404. The van der Waals surface area contributed by atoms with E-state index in [0.29, 0.717) is 5.92 Å². The molecule has 0 aromatic heterocycles. The van der Waals surface area contributed by atoms with Gasteiger partial charge in [-0.1, -0.05) is 70.9 Å². The van der Waals surface area contributed by atoms with E-state index in [9.17, 15) is 0 Å². The summed E-state index contributed by atoms with van der Waals surface area (Å²) in [6.07, 6.45) is 5.30. The van der Waals surface area contributed by atoms with Crippen LogP contribution in [0, 0.1) is 11.8 Å². The minimum absolute atomic E-state index is 0.663. The molecule has 0 fully saturated rings. The van der Waals surface area contributed by atoms with Gasteiger partial charge in [0.2, 0.25) is 0 Å². The molecule has 1 nitrogen and oxygen atoms in total. The van der Waals surface area contributed by atoms with E-state index in [1.54, 1.807) is 0 Å². The summed E-state index contributed by atoms with van der Waals surface area (Å²) in [5.74, 6) is 2.28. The van der Waals surface area contributed by atoms with E-state index in [2.05, 4.69) is 63.3 Å². The Morgan fingerprint density at radius 3 is 2.10 bits per heavy atom. The summed E-state index contributed by atoms with van der Waals surface area (Å²) in [6.45, 7) is 11.4. The Balaban J connectivity index is 2.55. The molecule has 114 valence electrons. The lowest BCUT2D eigenvalue weighted by atomic mass is 9.88. The number of nitrogens with one attached hydrogen (secondary N) is 1. The Kier molecular flexibility index (Phi) is 8.60. The molecule has 0 bridgehead atoms. The Labute approximate surface area is 126 Å². The minimum atomic E-state index is 0.663. The minimum Gasteiger partial charge on any atom is -0.316 e. The van der Waals surface area contributed by atoms with E-state index < -0.39 is 0 Å². The number of benzene rings is 1. The van der Waals surface area contributed by atoms with E-state index in [1.807, 2.05) is 0 Å². The normalized spacial score (nSPS) is 13.1. The molecule has 1 heteroatoms. The van der Waals surface area contributed by atoms with Crippen LogP contribution in [0.2, 0.25) is 0 Å². The van der Waals surface area contributed by atoms with Crippen LogP contribution in [0.3, 0.4) is 0 Å². The fourth-order valence-corrected chi connectivity index (χ4v) is 2.79. The second kappa shape index (κ2) is 9.99. The highest BCUT2D eigenvalue weighted by Gasteiger charge is 2.13. The van der Waals surface area contributed by atoms with E-state index in [-0.39, 0.29) is 0 Å². The molecular formula is C19H33N. The summed E-state index contributed by atoms with van der Waals surface area (Å²) < 4.78 is 0. The Bertz CT molecular complexity index is 327. The van der Waals surface area contributed by atoms with Gasteiger partial charge in [-0.15, -0.1) is 0 Å². The van der Waals surface area contributed by atoms with Crippen LogP contribution in [-0.2, 0) is 0 Å². The topological polar surface area (TPSA) is 12.0 Å². The number of hydrogen-bond donors (Lipinski definition) is 1. The van der Waals surface area contributed by atoms with Gasteiger partial charge in [-0.05, 0) is 42.7 Å². The average molecular weight is 275 g/mol. The van der Waals surface area contributed by atoms with Crippen LogP contribution >= 0.6 is 0 Å². The third-order valence-electron chi connectivity index (χ3n) is 4.29. The van der Waals surface area contributed by atoms with Crippen LogP contribution < -0.4 is 5.32 Å². The summed E-state index contributed by atoms with van der Waals surface area (Å²) in [5, 5.41) is 3.64. The van der Waals surface area contributed by atoms with Gasteiger partial charge in [0.15, 0.2) is 0 Å². The van der Waals surface area contributed by atoms with Crippen LogP contribution in [0.15, 0.2) is 30.3 Å². The largest absolute Gasteiger partial charge is 0.316 e. The van der Waals surface area contributed by atoms with Crippen LogP contribution in [0.25, 0.3) is 0 Å². The maximum atomic E-state index is 3.64. The molecule has 1 N–H and O–H groups in total. The molecule has 0 amide bonds. The highest BCUT2D eigenvalue weighted by Crippen LogP contribution is 2.25. The standard InChI is InChI=1S/C19H33N/c1-5-17(6-2)12-13-19(15-20-14-16(3)4)18-10-8-7-9-11-18/h7-11,16-17,19-20H,5-6,12-15H2,1-4H3. The molecular weight excluding hydrogens is 242 g/mol. The maximum absolute atomic E-state index is 3.64. The molecule has 1 atom stereocenters. The van der Waals surface area contributed by atoms with E-state index >= 15 is 0 Å². The van der Waals surface area contributed by atoms with Crippen molar-refractivity contribution < 1.29 is 0 Å². The number of rotatable bonds is 10. The van der Waals surface area contributed by atoms with Crippen molar-refractivity contribution in [2.45, 2.75) is 59.3 Å². The first-order valence-corrected chi connectivity index (χ1v) is 8.42. The Hall–Kier alpha value is -0.820. The van der Waals surface area contributed by atoms with Crippen molar-refractivity contribution in [2.75, 3.05) is 13.1 Å². The van der Waals surface area contributed by atoms with E-state index in [1.165, 1.54) is 31.2 Å². The molecule has 1 aromatic rings. The number of hydrogen-bond acceptors (Lipinski definition) is 1. The van der Waals surface area contributed by atoms with Crippen molar-refractivity contribution in [3.63, 3.8) is 0 Å². The predicted octanol–water partition coefficient (Wildman–Crippen LogP) is 5.23. The highest BCUT2D eigenvalue weighted by atomic mass is 14.9. The van der Waals surface area contributed by atoms with Gasteiger partial charge < -0.3 is 5.32 Å².